The normalized spacial score (nSPS) is 19.3. The van der Waals surface area contributed by atoms with Crippen molar-refractivity contribution in [2.45, 2.75) is 51.7 Å². The number of nitro groups is 1. The van der Waals surface area contributed by atoms with Gasteiger partial charge in [-0.25, -0.2) is 9.97 Å². The van der Waals surface area contributed by atoms with Crippen LogP contribution in [0.2, 0.25) is 0 Å². The first-order valence-electron chi connectivity index (χ1n) is 8.95. The second kappa shape index (κ2) is 8.11. The summed E-state index contributed by atoms with van der Waals surface area (Å²) in [5.41, 5.74) is 2.14. The Labute approximate surface area is 157 Å². The van der Waals surface area contributed by atoms with Crippen LogP contribution in [0.5, 0.6) is 6.01 Å². The standard InChI is InChI=1S/C19H22N4O4/c1-12-11-13(2)21-19(20-12)27-17-9-5-15(6-10-17)22-18(24)14-3-7-16(8-4-14)23(25)26/h3-4,7-8,11,15,17H,5-6,9-10H2,1-2H3,(H,22,24). The molecule has 0 aliphatic heterocycles. The number of nitro benzene ring substituents is 1. The van der Waals surface area contributed by atoms with Gasteiger partial charge in [0.25, 0.3) is 11.6 Å². The van der Waals surface area contributed by atoms with Crippen LogP contribution in [0.1, 0.15) is 47.4 Å². The zero-order valence-corrected chi connectivity index (χ0v) is 15.3. The highest BCUT2D eigenvalue weighted by molar-refractivity contribution is 5.94. The Morgan fingerprint density at radius 1 is 1.11 bits per heavy atom. The van der Waals surface area contributed by atoms with Crippen molar-refractivity contribution in [3.8, 4) is 6.01 Å². The lowest BCUT2D eigenvalue weighted by Gasteiger charge is -2.29. The van der Waals surface area contributed by atoms with Gasteiger partial charge in [-0.15, -0.1) is 0 Å². The highest BCUT2D eigenvalue weighted by Crippen LogP contribution is 2.23. The van der Waals surface area contributed by atoms with Crippen molar-refractivity contribution in [3.63, 3.8) is 0 Å². The fraction of sp³-hybridized carbons (Fsp3) is 0.421. The van der Waals surface area contributed by atoms with E-state index in [1.807, 2.05) is 19.9 Å². The predicted octanol–water partition coefficient (Wildman–Crippen LogP) is 3.12. The Bertz CT molecular complexity index is 810. The van der Waals surface area contributed by atoms with Gasteiger partial charge in [0.05, 0.1) is 4.92 Å². The summed E-state index contributed by atoms with van der Waals surface area (Å²) in [5.74, 6) is -0.216. The van der Waals surface area contributed by atoms with Crippen LogP contribution in [0.15, 0.2) is 30.3 Å². The number of aromatic nitrogens is 2. The van der Waals surface area contributed by atoms with E-state index < -0.39 is 4.92 Å². The molecule has 1 saturated carbocycles. The van der Waals surface area contributed by atoms with Crippen LogP contribution in [0.3, 0.4) is 0 Å². The molecule has 1 aliphatic rings. The molecule has 0 unspecified atom stereocenters. The molecule has 1 aromatic heterocycles. The van der Waals surface area contributed by atoms with Gasteiger partial charge in [0.2, 0.25) is 0 Å². The number of rotatable bonds is 5. The summed E-state index contributed by atoms with van der Waals surface area (Å²) >= 11 is 0. The summed E-state index contributed by atoms with van der Waals surface area (Å²) < 4.78 is 5.89. The van der Waals surface area contributed by atoms with E-state index >= 15 is 0 Å². The van der Waals surface area contributed by atoms with Gasteiger partial charge < -0.3 is 10.1 Å². The minimum atomic E-state index is -0.484. The number of nitrogens with zero attached hydrogens (tertiary/aromatic N) is 3. The van der Waals surface area contributed by atoms with Gasteiger partial charge in [-0.05, 0) is 57.7 Å². The van der Waals surface area contributed by atoms with E-state index in [1.54, 1.807) is 0 Å². The third kappa shape index (κ3) is 4.99. The summed E-state index contributed by atoms with van der Waals surface area (Å²) in [6.45, 7) is 3.82. The Kier molecular flexibility index (Phi) is 5.63. The van der Waals surface area contributed by atoms with Crippen LogP contribution in [-0.4, -0.2) is 32.9 Å². The van der Waals surface area contributed by atoms with E-state index in [1.165, 1.54) is 24.3 Å². The quantitative estimate of drug-likeness (QED) is 0.640. The molecule has 1 aliphatic carbocycles. The molecular formula is C19H22N4O4. The van der Waals surface area contributed by atoms with Crippen LogP contribution in [-0.2, 0) is 0 Å². The first-order chi connectivity index (χ1) is 12.9. The average molecular weight is 370 g/mol. The van der Waals surface area contributed by atoms with Gasteiger partial charge in [0, 0.05) is 35.1 Å². The second-order valence-corrected chi connectivity index (χ2v) is 6.80. The molecule has 8 heteroatoms. The van der Waals surface area contributed by atoms with E-state index in [0.29, 0.717) is 11.6 Å². The van der Waals surface area contributed by atoms with Crippen molar-refractivity contribution in [2.24, 2.45) is 0 Å². The Morgan fingerprint density at radius 2 is 1.70 bits per heavy atom. The Hall–Kier alpha value is -3.03. The molecule has 1 N–H and O–H groups in total. The fourth-order valence-electron chi connectivity index (χ4n) is 3.22. The largest absolute Gasteiger partial charge is 0.460 e. The predicted molar refractivity (Wildman–Crippen MR) is 98.7 cm³/mol. The molecule has 0 spiro atoms. The zero-order valence-electron chi connectivity index (χ0n) is 15.3. The van der Waals surface area contributed by atoms with Gasteiger partial charge in [0.1, 0.15) is 6.10 Å². The van der Waals surface area contributed by atoms with Crippen molar-refractivity contribution in [1.29, 1.82) is 0 Å². The lowest BCUT2D eigenvalue weighted by molar-refractivity contribution is -0.384. The summed E-state index contributed by atoms with van der Waals surface area (Å²) in [7, 11) is 0. The number of carbonyl (C=O) groups is 1. The molecule has 1 heterocycles. The average Bonchev–Trinajstić information content (AvgIpc) is 2.62. The number of non-ortho nitro benzene ring substituents is 1. The van der Waals surface area contributed by atoms with Gasteiger partial charge in [0.15, 0.2) is 0 Å². The monoisotopic (exact) mass is 370 g/mol. The second-order valence-electron chi connectivity index (χ2n) is 6.80. The fourth-order valence-corrected chi connectivity index (χ4v) is 3.22. The molecule has 142 valence electrons. The summed E-state index contributed by atoms with van der Waals surface area (Å²) in [5, 5.41) is 13.7. The maximum absolute atomic E-state index is 12.3. The molecule has 1 fully saturated rings. The van der Waals surface area contributed by atoms with Gasteiger partial charge >= 0.3 is 6.01 Å². The van der Waals surface area contributed by atoms with Gasteiger partial charge in [-0.2, -0.15) is 0 Å². The van der Waals surface area contributed by atoms with Crippen molar-refractivity contribution in [2.75, 3.05) is 0 Å². The summed E-state index contributed by atoms with van der Waals surface area (Å²) in [4.78, 5) is 31.1. The molecule has 0 radical (unpaired) electrons. The molecule has 0 bridgehead atoms. The topological polar surface area (TPSA) is 107 Å². The van der Waals surface area contributed by atoms with Gasteiger partial charge in [-0.3, -0.25) is 14.9 Å². The molecule has 8 nitrogen and oxygen atoms in total. The number of carbonyl (C=O) groups excluding carboxylic acids is 1. The highest BCUT2D eigenvalue weighted by atomic mass is 16.6. The van der Waals surface area contributed by atoms with Gasteiger partial charge in [-0.1, -0.05) is 0 Å². The van der Waals surface area contributed by atoms with E-state index in [9.17, 15) is 14.9 Å². The van der Waals surface area contributed by atoms with E-state index in [4.69, 9.17) is 4.74 Å². The van der Waals surface area contributed by atoms with E-state index in [2.05, 4.69) is 15.3 Å². The number of ether oxygens (including phenoxy) is 1. The van der Waals surface area contributed by atoms with Crippen LogP contribution in [0.4, 0.5) is 5.69 Å². The number of aryl methyl sites for hydroxylation is 2. The maximum Gasteiger partial charge on any atom is 0.317 e. The lowest BCUT2D eigenvalue weighted by Crippen LogP contribution is -2.39. The lowest BCUT2D eigenvalue weighted by atomic mass is 9.92. The zero-order chi connectivity index (χ0) is 19.4. The number of hydrogen-bond acceptors (Lipinski definition) is 6. The molecule has 2 aromatic rings. The SMILES string of the molecule is Cc1cc(C)nc(OC2CCC(NC(=O)c3ccc([N+](=O)[O-])cc3)CC2)n1. The van der Waals surface area contributed by atoms with Crippen LogP contribution in [0.25, 0.3) is 0 Å². The smallest absolute Gasteiger partial charge is 0.317 e. The molecule has 0 atom stereocenters. The first kappa shape index (κ1) is 18.8. The molecule has 1 aromatic carbocycles. The van der Waals surface area contributed by atoms with Crippen LogP contribution in [0, 0.1) is 24.0 Å². The molecular weight excluding hydrogens is 348 g/mol. The van der Waals surface area contributed by atoms with Crippen molar-refractivity contribution in [1.82, 2.24) is 15.3 Å². The highest BCUT2D eigenvalue weighted by Gasteiger charge is 2.25. The minimum absolute atomic E-state index is 0.0298. The summed E-state index contributed by atoms with van der Waals surface area (Å²) in [6, 6.07) is 7.99. The Morgan fingerprint density at radius 3 is 2.26 bits per heavy atom. The number of nitrogens with one attached hydrogen (secondary N) is 1. The minimum Gasteiger partial charge on any atom is -0.460 e. The van der Waals surface area contributed by atoms with E-state index in [0.717, 1.165) is 37.1 Å². The number of hydrogen-bond donors (Lipinski definition) is 1. The molecule has 27 heavy (non-hydrogen) atoms. The number of amides is 1. The maximum atomic E-state index is 12.3. The third-order valence-electron chi connectivity index (χ3n) is 4.58. The summed E-state index contributed by atoms with van der Waals surface area (Å²) in [6.07, 6.45) is 3.25. The Balaban J connectivity index is 1.50. The van der Waals surface area contributed by atoms with Crippen molar-refractivity contribution < 1.29 is 14.5 Å². The first-order valence-corrected chi connectivity index (χ1v) is 8.95. The van der Waals surface area contributed by atoms with Crippen molar-refractivity contribution >= 4 is 11.6 Å². The molecule has 0 saturated heterocycles. The third-order valence-corrected chi connectivity index (χ3v) is 4.58. The van der Waals surface area contributed by atoms with Crippen LogP contribution < -0.4 is 10.1 Å². The molecule has 1 amide bonds. The van der Waals surface area contributed by atoms with Crippen molar-refractivity contribution in [3.05, 3.63) is 57.4 Å². The molecule has 3 rings (SSSR count). The van der Waals surface area contributed by atoms with Crippen LogP contribution >= 0.6 is 0 Å². The van der Waals surface area contributed by atoms with E-state index in [-0.39, 0.29) is 23.7 Å². The number of benzene rings is 1.